The van der Waals surface area contributed by atoms with E-state index in [-0.39, 0.29) is 6.04 Å². The van der Waals surface area contributed by atoms with Gasteiger partial charge in [0.15, 0.2) is 0 Å². The molecule has 2 N–H and O–H groups in total. The monoisotopic (exact) mass is 179 g/mol. The lowest BCUT2D eigenvalue weighted by Gasteiger charge is -2.06. The lowest BCUT2D eigenvalue weighted by Crippen LogP contribution is -2.04. The van der Waals surface area contributed by atoms with Crippen LogP contribution in [0.3, 0.4) is 0 Å². The predicted octanol–water partition coefficient (Wildman–Crippen LogP) is 2.35. The van der Waals surface area contributed by atoms with Gasteiger partial charge in [-0.3, -0.25) is 0 Å². The van der Waals surface area contributed by atoms with Crippen molar-refractivity contribution in [3.63, 3.8) is 0 Å². The Morgan fingerprint density at radius 3 is 3.08 bits per heavy atom. The molecule has 0 aromatic heterocycles. The number of rotatable bonds is 1. The van der Waals surface area contributed by atoms with Crippen LogP contribution in [0.5, 0.6) is 0 Å². The Morgan fingerprint density at radius 1 is 1.50 bits per heavy atom. The predicted molar refractivity (Wildman–Crippen MR) is 53.5 cm³/mol. The molecule has 0 bridgehead atoms. The Balaban J connectivity index is 2.50. The van der Waals surface area contributed by atoms with Crippen LogP contribution in [0.2, 0.25) is 0 Å². The zero-order valence-corrected chi connectivity index (χ0v) is 8.03. The summed E-state index contributed by atoms with van der Waals surface area (Å²) in [5.74, 6) is 0. The Hall–Kier alpha value is -0.470. The fourth-order valence-corrected chi connectivity index (χ4v) is 2.53. The number of thioether (sulfide) groups is 1. The van der Waals surface area contributed by atoms with E-state index < -0.39 is 0 Å². The molecule has 1 aromatic rings. The number of hydrogen-bond donors (Lipinski definition) is 1. The summed E-state index contributed by atoms with van der Waals surface area (Å²) in [6.07, 6.45) is 4.40. The Labute approximate surface area is 77.3 Å². The fourth-order valence-electron chi connectivity index (χ4n) is 1.84. The van der Waals surface area contributed by atoms with E-state index in [0.717, 1.165) is 12.8 Å². The number of fused-ring (bicyclic) bond motifs is 1. The van der Waals surface area contributed by atoms with Crippen molar-refractivity contribution < 1.29 is 0 Å². The fraction of sp³-hybridized carbons (Fsp3) is 0.400. The first-order chi connectivity index (χ1) is 5.83. The highest BCUT2D eigenvalue weighted by atomic mass is 32.2. The second kappa shape index (κ2) is 3.11. The second-order valence-electron chi connectivity index (χ2n) is 3.17. The molecular formula is C10H13NS. The molecule has 0 spiro atoms. The summed E-state index contributed by atoms with van der Waals surface area (Å²) in [5, 5.41) is 0. The van der Waals surface area contributed by atoms with E-state index in [2.05, 4.69) is 24.5 Å². The van der Waals surface area contributed by atoms with Crippen molar-refractivity contribution in [2.75, 3.05) is 6.26 Å². The number of benzene rings is 1. The molecule has 1 aliphatic rings. The van der Waals surface area contributed by atoms with E-state index in [1.165, 1.54) is 16.0 Å². The van der Waals surface area contributed by atoms with Gasteiger partial charge in [-0.1, -0.05) is 12.1 Å². The van der Waals surface area contributed by atoms with Crippen molar-refractivity contribution in [1.82, 2.24) is 0 Å². The van der Waals surface area contributed by atoms with E-state index in [4.69, 9.17) is 5.73 Å². The summed E-state index contributed by atoms with van der Waals surface area (Å²) in [5.41, 5.74) is 8.81. The molecule has 2 rings (SSSR count). The van der Waals surface area contributed by atoms with E-state index >= 15 is 0 Å². The van der Waals surface area contributed by atoms with Gasteiger partial charge < -0.3 is 5.73 Å². The minimum absolute atomic E-state index is 0.284. The van der Waals surface area contributed by atoms with Gasteiger partial charge in [0, 0.05) is 10.9 Å². The van der Waals surface area contributed by atoms with Gasteiger partial charge in [0.2, 0.25) is 0 Å². The second-order valence-corrected chi connectivity index (χ2v) is 4.02. The Bertz CT molecular complexity index is 296. The molecular weight excluding hydrogens is 166 g/mol. The van der Waals surface area contributed by atoms with Crippen LogP contribution >= 0.6 is 11.8 Å². The van der Waals surface area contributed by atoms with Crippen LogP contribution < -0.4 is 5.73 Å². The maximum absolute atomic E-state index is 5.96. The van der Waals surface area contributed by atoms with Gasteiger partial charge in [0.1, 0.15) is 0 Å². The van der Waals surface area contributed by atoms with Crippen LogP contribution in [0.15, 0.2) is 23.1 Å². The molecule has 0 saturated heterocycles. The molecule has 2 heteroatoms. The molecule has 0 fully saturated rings. The molecule has 1 unspecified atom stereocenters. The van der Waals surface area contributed by atoms with Crippen LogP contribution in [-0.4, -0.2) is 6.26 Å². The molecule has 0 amide bonds. The maximum Gasteiger partial charge on any atom is 0.0301 e. The van der Waals surface area contributed by atoms with E-state index in [0.29, 0.717) is 0 Å². The highest BCUT2D eigenvalue weighted by Gasteiger charge is 2.20. The number of hydrogen-bond acceptors (Lipinski definition) is 2. The SMILES string of the molecule is CSc1cccc2c1CCC2N. The van der Waals surface area contributed by atoms with Crippen LogP contribution in [-0.2, 0) is 6.42 Å². The third-order valence-corrected chi connectivity index (χ3v) is 3.32. The average Bonchev–Trinajstić information content (AvgIpc) is 2.48. The first-order valence-corrected chi connectivity index (χ1v) is 5.46. The summed E-state index contributed by atoms with van der Waals surface area (Å²) < 4.78 is 0. The molecule has 0 aliphatic heterocycles. The van der Waals surface area contributed by atoms with Gasteiger partial charge in [-0.05, 0) is 36.3 Å². The van der Waals surface area contributed by atoms with Crippen molar-refractivity contribution in [2.24, 2.45) is 5.73 Å². The molecule has 0 saturated carbocycles. The number of nitrogens with two attached hydrogens (primary N) is 1. The molecule has 12 heavy (non-hydrogen) atoms. The van der Waals surface area contributed by atoms with Crippen molar-refractivity contribution >= 4 is 11.8 Å². The van der Waals surface area contributed by atoms with Gasteiger partial charge >= 0.3 is 0 Å². The summed E-state index contributed by atoms with van der Waals surface area (Å²) in [6.45, 7) is 0. The Kier molecular flexibility index (Phi) is 2.11. The summed E-state index contributed by atoms with van der Waals surface area (Å²) in [7, 11) is 0. The molecule has 0 heterocycles. The quantitative estimate of drug-likeness (QED) is 0.670. The zero-order valence-electron chi connectivity index (χ0n) is 7.21. The summed E-state index contributed by atoms with van der Waals surface area (Å²) in [6, 6.07) is 6.73. The van der Waals surface area contributed by atoms with Gasteiger partial charge in [0.05, 0.1) is 0 Å². The van der Waals surface area contributed by atoms with E-state index in [1.54, 1.807) is 0 Å². The zero-order chi connectivity index (χ0) is 8.55. The average molecular weight is 179 g/mol. The van der Waals surface area contributed by atoms with Crippen LogP contribution in [0.25, 0.3) is 0 Å². The van der Waals surface area contributed by atoms with Gasteiger partial charge in [0.25, 0.3) is 0 Å². The minimum atomic E-state index is 0.284. The summed E-state index contributed by atoms with van der Waals surface area (Å²) >= 11 is 1.82. The molecule has 1 atom stereocenters. The van der Waals surface area contributed by atoms with Crippen molar-refractivity contribution in [2.45, 2.75) is 23.8 Å². The largest absolute Gasteiger partial charge is 0.324 e. The first kappa shape index (κ1) is 8.14. The lowest BCUT2D eigenvalue weighted by molar-refractivity contribution is 0.713. The standard InChI is InChI=1S/C10H13NS/c1-12-10-4-2-3-7-8(10)5-6-9(7)11/h2-4,9H,5-6,11H2,1H3. The topological polar surface area (TPSA) is 26.0 Å². The molecule has 1 aromatic carbocycles. The first-order valence-electron chi connectivity index (χ1n) is 4.24. The lowest BCUT2D eigenvalue weighted by atomic mass is 10.1. The van der Waals surface area contributed by atoms with Crippen LogP contribution in [0, 0.1) is 0 Å². The van der Waals surface area contributed by atoms with Crippen molar-refractivity contribution in [1.29, 1.82) is 0 Å². The highest BCUT2D eigenvalue weighted by molar-refractivity contribution is 7.98. The Morgan fingerprint density at radius 2 is 2.33 bits per heavy atom. The van der Waals surface area contributed by atoms with E-state index in [1.807, 2.05) is 11.8 Å². The highest BCUT2D eigenvalue weighted by Crippen LogP contribution is 2.34. The van der Waals surface area contributed by atoms with Gasteiger partial charge in [-0.15, -0.1) is 11.8 Å². The molecule has 1 aliphatic carbocycles. The van der Waals surface area contributed by atoms with Crippen LogP contribution in [0.1, 0.15) is 23.6 Å². The third-order valence-electron chi connectivity index (χ3n) is 2.49. The molecule has 1 nitrogen and oxygen atoms in total. The third kappa shape index (κ3) is 1.15. The maximum atomic E-state index is 5.96. The summed E-state index contributed by atoms with van der Waals surface area (Å²) in [4.78, 5) is 1.40. The normalized spacial score (nSPS) is 21.0. The molecule has 64 valence electrons. The molecule has 0 radical (unpaired) electrons. The van der Waals surface area contributed by atoms with Crippen LogP contribution in [0.4, 0.5) is 0 Å². The van der Waals surface area contributed by atoms with E-state index in [9.17, 15) is 0 Å². The smallest absolute Gasteiger partial charge is 0.0301 e. The van der Waals surface area contributed by atoms with Crippen molar-refractivity contribution in [3.8, 4) is 0 Å². The van der Waals surface area contributed by atoms with Gasteiger partial charge in [-0.25, -0.2) is 0 Å². The van der Waals surface area contributed by atoms with Crippen molar-refractivity contribution in [3.05, 3.63) is 29.3 Å². The minimum Gasteiger partial charge on any atom is -0.324 e. The van der Waals surface area contributed by atoms with Gasteiger partial charge in [-0.2, -0.15) is 0 Å².